The maximum atomic E-state index is 12.9. The minimum atomic E-state index is -4.79. The molecule has 0 spiro atoms. The Labute approximate surface area is 257 Å². The zero-order valence-electron chi connectivity index (χ0n) is 23.3. The third-order valence-electron chi connectivity index (χ3n) is 6.14. The summed E-state index contributed by atoms with van der Waals surface area (Å²) in [6.07, 6.45) is 1.14. The van der Waals surface area contributed by atoms with Crippen molar-refractivity contribution in [2.75, 3.05) is 25.4 Å². The zero-order chi connectivity index (χ0) is 33.3. The number of anilines is 1. The smallest absolute Gasteiger partial charge is 0.355 e. The number of nitrogens with one attached hydrogen (secondary N) is 2. The number of phenols is 2. The Morgan fingerprint density at radius 2 is 1.91 bits per heavy atom. The van der Waals surface area contributed by atoms with Crippen LogP contribution in [-0.2, 0) is 29.4 Å². The number of nitrogens with two attached hydrogens (primary N) is 1. The fourth-order valence-corrected chi connectivity index (χ4v) is 5.17. The van der Waals surface area contributed by atoms with Gasteiger partial charge in [-0.2, -0.15) is 13.5 Å². The lowest BCUT2D eigenvalue weighted by atomic mass is 10.1. The number of urea groups is 2. The van der Waals surface area contributed by atoms with E-state index in [0.29, 0.717) is 9.21 Å². The molecule has 240 valence electrons. The maximum absolute atomic E-state index is 12.9. The van der Waals surface area contributed by atoms with Crippen molar-refractivity contribution >= 4 is 68.4 Å². The van der Waals surface area contributed by atoms with E-state index in [9.17, 15) is 47.7 Å². The SMILES string of the molecule is CC(C)(ON=C(C(=O)NC1CN(C(=O)NS(=O)(=O)N2CCN(N=Cc3ccc(O)c(O)c3)C2=O)C1=O)c1csc(N)n1)C(=O)O. The van der Waals surface area contributed by atoms with Crippen LogP contribution in [0.4, 0.5) is 14.7 Å². The molecule has 6 amide bonds. The summed E-state index contributed by atoms with van der Waals surface area (Å²) in [5.74, 6) is -4.23. The Hall–Kier alpha value is -5.51. The number of benzene rings is 1. The van der Waals surface area contributed by atoms with E-state index in [1.54, 1.807) is 4.72 Å². The summed E-state index contributed by atoms with van der Waals surface area (Å²) in [6, 6.07) is -0.0977. The molecule has 2 fully saturated rings. The first-order chi connectivity index (χ1) is 21.0. The van der Waals surface area contributed by atoms with Gasteiger partial charge in [0.2, 0.25) is 5.60 Å². The topological polar surface area (TPSA) is 287 Å². The fourth-order valence-electron chi connectivity index (χ4n) is 3.56. The van der Waals surface area contributed by atoms with Gasteiger partial charge in [-0.05, 0) is 37.6 Å². The Bertz CT molecular complexity index is 1740. The highest BCUT2D eigenvalue weighted by Gasteiger charge is 2.45. The van der Waals surface area contributed by atoms with Crippen molar-refractivity contribution in [3.8, 4) is 11.5 Å². The predicted molar refractivity (Wildman–Crippen MR) is 153 cm³/mol. The molecular weight excluding hydrogens is 642 g/mol. The number of carboxylic acid groups (broad SMARTS) is 1. The molecule has 1 aromatic heterocycles. The van der Waals surface area contributed by atoms with Crippen LogP contribution in [0.15, 0.2) is 33.8 Å². The van der Waals surface area contributed by atoms with E-state index >= 15 is 0 Å². The summed E-state index contributed by atoms with van der Waals surface area (Å²) in [5, 5.41) is 40.1. The van der Waals surface area contributed by atoms with Crippen molar-refractivity contribution in [2.45, 2.75) is 25.5 Å². The third-order valence-corrected chi connectivity index (χ3v) is 8.17. The minimum Gasteiger partial charge on any atom is -0.504 e. The summed E-state index contributed by atoms with van der Waals surface area (Å²) < 4.78 is 27.4. The number of nitrogens with zero attached hydrogens (tertiary/aromatic N) is 6. The normalized spacial score (nSPS) is 17.4. The standard InChI is InChI=1S/C23H25N9O11S2/c1-23(2,19(37)38)43-28-16(13-10-44-20(24)27-13)17(35)26-12-9-30(18(12)36)21(39)29-45(41,42)32-6-5-31(22(32)40)25-8-11-3-4-14(33)15(34)7-11/h3-4,7-8,10,12,33-34H,5-6,9H2,1-2H3,(H2,24,27)(H,26,35)(H,29,39)(H,37,38). The monoisotopic (exact) mass is 667 g/mol. The highest BCUT2D eigenvalue weighted by molar-refractivity contribution is 7.88. The van der Waals surface area contributed by atoms with Crippen molar-refractivity contribution < 1.29 is 52.5 Å². The molecule has 2 aliphatic rings. The molecule has 1 aromatic carbocycles. The molecule has 22 heteroatoms. The van der Waals surface area contributed by atoms with E-state index in [4.69, 9.17) is 10.6 Å². The van der Waals surface area contributed by atoms with Crippen LogP contribution in [0.3, 0.4) is 0 Å². The minimum absolute atomic E-state index is 0.0517. The number of phenolic OH excluding ortho intramolecular Hbond substituents is 2. The van der Waals surface area contributed by atoms with Crippen LogP contribution in [0.25, 0.3) is 0 Å². The second-order valence-electron chi connectivity index (χ2n) is 9.78. The summed E-state index contributed by atoms with van der Waals surface area (Å²) in [5.41, 5.74) is 3.45. The number of thiazole rings is 1. The maximum Gasteiger partial charge on any atom is 0.355 e. The number of hydrogen-bond donors (Lipinski definition) is 6. The first-order valence-electron chi connectivity index (χ1n) is 12.5. The van der Waals surface area contributed by atoms with Crippen LogP contribution in [0.5, 0.6) is 11.5 Å². The van der Waals surface area contributed by atoms with Crippen LogP contribution in [-0.4, -0.2) is 116 Å². The number of carbonyl (C=O) groups excluding carboxylic acids is 4. The molecule has 0 aliphatic carbocycles. The highest BCUT2D eigenvalue weighted by atomic mass is 32.2. The van der Waals surface area contributed by atoms with Gasteiger partial charge in [-0.15, -0.1) is 11.3 Å². The van der Waals surface area contributed by atoms with E-state index in [0.717, 1.165) is 28.6 Å². The Kier molecular flexibility index (Phi) is 8.81. The van der Waals surface area contributed by atoms with Gasteiger partial charge in [0, 0.05) is 5.38 Å². The Morgan fingerprint density at radius 3 is 2.51 bits per heavy atom. The quantitative estimate of drug-likeness (QED) is 0.0750. The molecule has 1 atom stereocenters. The molecule has 7 N–H and O–H groups in total. The lowest BCUT2D eigenvalue weighted by molar-refractivity contribution is -0.161. The Morgan fingerprint density at radius 1 is 1.20 bits per heavy atom. The first kappa shape index (κ1) is 32.4. The van der Waals surface area contributed by atoms with E-state index in [2.05, 4.69) is 20.6 Å². The number of hydrogen-bond acceptors (Lipinski definition) is 15. The van der Waals surface area contributed by atoms with Gasteiger partial charge in [-0.25, -0.2) is 33.4 Å². The third kappa shape index (κ3) is 7.01. The molecule has 0 bridgehead atoms. The van der Waals surface area contributed by atoms with Crippen LogP contribution in [0, 0.1) is 0 Å². The summed E-state index contributed by atoms with van der Waals surface area (Å²) in [7, 11) is -4.79. The predicted octanol–water partition coefficient (Wildman–Crippen LogP) is -1.23. The molecule has 2 aromatic rings. The van der Waals surface area contributed by atoms with Crippen molar-refractivity contribution in [1.82, 2.24) is 29.2 Å². The van der Waals surface area contributed by atoms with E-state index in [1.807, 2.05) is 0 Å². The van der Waals surface area contributed by atoms with Crippen LogP contribution in [0.1, 0.15) is 25.1 Å². The molecule has 0 saturated carbocycles. The largest absolute Gasteiger partial charge is 0.504 e. The summed E-state index contributed by atoms with van der Waals surface area (Å²) in [4.78, 5) is 71.4. The van der Waals surface area contributed by atoms with Gasteiger partial charge < -0.3 is 31.2 Å². The second kappa shape index (κ2) is 12.2. The molecule has 1 unspecified atom stereocenters. The van der Waals surface area contributed by atoms with Gasteiger partial charge in [0.05, 0.1) is 25.8 Å². The van der Waals surface area contributed by atoms with Crippen molar-refractivity contribution in [3.05, 3.63) is 34.8 Å². The average molecular weight is 668 g/mol. The highest BCUT2D eigenvalue weighted by Crippen LogP contribution is 2.24. The average Bonchev–Trinajstić information content (AvgIpc) is 3.56. The molecular formula is C23H25N9O11S2. The number of carbonyl (C=O) groups is 5. The lowest BCUT2D eigenvalue weighted by Crippen LogP contribution is -2.68. The number of aromatic hydroxyl groups is 2. The number of oxime groups is 1. The van der Waals surface area contributed by atoms with Gasteiger partial charge in [0.25, 0.3) is 11.8 Å². The number of carboxylic acids is 1. The molecule has 45 heavy (non-hydrogen) atoms. The molecule has 0 radical (unpaired) electrons. The van der Waals surface area contributed by atoms with E-state index < -0.39 is 76.2 Å². The number of imide groups is 1. The number of likely N-dealkylation sites (tertiary alicyclic amines) is 1. The van der Waals surface area contributed by atoms with Crippen molar-refractivity contribution in [3.63, 3.8) is 0 Å². The fraction of sp³-hybridized carbons (Fsp3) is 0.304. The number of aromatic nitrogens is 1. The number of β-lactam (4-membered cyclic amide) rings is 1. The van der Waals surface area contributed by atoms with Crippen LogP contribution < -0.4 is 15.8 Å². The van der Waals surface area contributed by atoms with Gasteiger partial charge in [-0.3, -0.25) is 14.5 Å². The van der Waals surface area contributed by atoms with Gasteiger partial charge >= 0.3 is 28.2 Å². The van der Waals surface area contributed by atoms with E-state index in [-0.39, 0.29) is 28.7 Å². The van der Waals surface area contributed by atoms with Gasteiger partial charge in [-0.1, -0.05) is 5.16 Å². The summed E-state index contributed by atoms with van der Waals surface area (Å²) in [6.45, 7) is 1.30. The van der Waals surface area contributed by atoms with Gasteiger partial charge in [0.15, 0.2) is 22.3 Å². The molecule has 3 heterocycles. The molecule has 4 rings (SSSR count). The van der Waals surface area contributed by atoms with Crippen LogP contribution >= 0.6 is 11.3 Å². The number of nitrogen functional groups attached to an aromatic ring is 1. The number of aliphatic carboxylic acids is 1. The number of amides is 6. The number of hydrazone groups is 1. The molecule has 20 nitrogen and oxygen atoms in total. The molecule has 2 saturated heterocycles. The second-order valence-corrected chi connectivity index (χ2v) is 12.3. The number of rotatable bonds is 10. The first-order valence-corrected chi connectivity index (χ1v) is 14.9. The molecule has 2 aliphatic heterocycles. The Balaban J connectivity index is 1.36. The van der Waals surface area contributed by atoms with Crippen molar-refractivity contribution in [1.29, 1.82) is 0 Å². The van der Waals surface area contributed by atoms with Crippen LogP contribution in [0.2, 0.25) is 0 Å². The lowest BCUT2D eigenvalue weighted by Gasteiger charge is -2.36. The van der Waals surface area contributed by atoms with E-state index in [1.165, 1.54) is 31.4 Å². The van der Waals surface area contributed by atoms with Gasteiger partial charge in [0.1, 0.15) is 11.7 Å². The zero-order valence-corrected chi connectivity index (χ0v) is 24.9. The van der Waals surface area contributed by atoms with Crippen molar-refractivity contribution in [2.24, 2.45) is 10.3 Å². The summed E-state index contributed by atoms with van der Waals surface area (Å²) >= 11 is 0.945.